The number of carboxylic acid groups (broad SMARTS) is 1. The molecule has 0 saturated heterocycles. The Morgan fingerprint density at radius 3 is 1.65 bits per heavy atom. The Labute approximate surface area is 165 Å². The van der Waals surface area contributed by atoms with Gasteiger partial charge in [-0.05, 0) is 6.42 Å². The van der Waals surface area contributed by atoms with E-state index >= 15 is 0 Å². The second kappa shape index (κ2) is 14.4. The molecule has 0 unspecified atom stereocenters. The number of Topliss-reactive ketones (excluding diaryl/α,β-unsaturated/α-hetero) is 1. The number of hydrogen-bond acceptors (Lipinski definition) is 2. The summed E-state index contributed by atoms with van der Waals surface area (Å²) in [5.74, 6) is -2.19. The molecule has 154 valence electrons. The highest BCUT2D eigenvalue weighted by Crippen LogP contribution is 2.21. The van der Waals surface area contributed by atoms with Crippen LogP contribution in [-0.4, -0.2) is 48.0 Å². The van der Waals surface area contributed by atoms with Crippen molar-refractivity contribution in [2.45, 2.75) is 95.9 Å². The molecule has 0 spiro atoms. The van der Waals surface area contributed by atoms with Crippen LogP contribution in [-0.2, 0) is 9.59 Å². The zero-order valence-electron chi connectivity index (χ0n) is 17.4. The van der Waals surface area contributed by atoms with E-state index in [1.807, 2.05) is 21.1 Å². The molecule has 0 aliphatic carbocycles. The predicted octanol–water partition coefficient (Wildman–Crippen LogP) is 5.62. The Balaban J connectivity index is 3.86. The summed E-state index contributed by atoms with van der Waals surface area (Å²) >= 11 is 6.27. The summed E-state index contributed by atoms with van der Waals surface area (Å²) in [6.07, 6.45) is 14.0. The summed E-state index contributed by atoms with van der Waals surface area (Å²) in [5, 5.41) is 9.35. The monoisotopic (exact) mass is 390 g/mol. The largest absolute Gasteiger partial charge is 0.481 e. The van der Waals surface area contributed by atoms with E-state index in [4.69, 9.17) is 11.6 Å². The number of rotatable bonds is 17. The maximum Gasteiger partial charge on any atom is 0.314 e. The zero-order chi connectivity index (χ0) is 20.0. The molecular formula is C21H41ClNO3+. The molecule has 0 aromatic carbocycles. The minimum absolute atomic E-state index is 0.174. The molecule has 0 radical (unpaired) electrons. The first kappa shape index (κ1) is 25.4. The zero-order valence-corrected chi connectivity index (χ0v) is 18.2. The van der Waals surface area contributed by atoms with Crippen molar-refractivity contribution in [3.05, 3.63) is 0 Å². The summed E-state index contributed by atoms with van der Waals surface area (Å²) in [7, 11) is 5.72. The van der Waals surface area contributed by atoms with E-state index in [0.717, 1.165) is 19.3 Å². The summed E-state index contributed by atoms with van der Waals surface area (Å²) < 4.78 is 0.442. The standard InChI is InChI=1S/C21H40ClNO3/c1-5-6-7-8-9-10-11-12-13-14-15-16-19(24)18(21(25)26)17-20(22)23(2,3)4/h18,20H,5-17H2,1-4H3/p+1/t18-,20-/m0/s1. The van der Waals surface area contributed by atoms with Crippen LogP contribution in [0.25, 0.3) is 0 Å². The molecule has 0 amide bonds. The number of carboxylic acids is 1. The Morgan fingerprint density at radius 2 is 1.27 bits per heavy atom. The number of hydrogen-bond donors (Lipinski definition) is 1. The number of halogens is 1. The van der Waals surface area contributed by atoms with Crippen LogP contribution < -0.4 is 0 Å². The molecule has 5 heteroatoms. The number of quaternary nitrogens is 1. The minimum atomic E-state index is -1.04. The van der Waals surface area contributed by atoms with Gasteiger partial charge in [0.05, 0.1) is 21.1 Å². The maximum atomic E-state index is 12.3. The lowest BCUT2D eigenvalue weighted by atomic mass is 9.95. The third-order valence-corrected chi connectivity index (χ3v) is 5.75. The molecule has 0 saturated carbocycles. The van der Waals surface area contributed by atoms with Crippen molar-refractivity contribution in [3.63, 3.8) is 0 Å². The lowest BCUT2D eigenvalue weighted by molar-refractivity contribution is -0.883. The highest BCUT2D eigenvalue weighted by Gasteiger charge is 2.33. The van der Waals surface area contributed by atoms with Gasteiger partial charge in [-0.15, -0.1) is 0 Å². The summed E-state index contributed by atoms with van der Waals surface area (Å²) in [4.78, 5) is 23.7. The Hall–Kier alpha value is -0.610. The van der Waals surface area contributed by atoms with Gasteiger partial charge < -0.3 is 9.59 Å². The van der Waals surface area contributed by atoms with Gasteiger partial charge in [0, 0.05) is 12.8 Å². The smallest absolute Gasteiger partial charge is 0.314 e. The summed E-state index contributed by atoms with van der Waals surface area (Å²) in [6, 6.07) is 0. The number of carbonyl (C=O) groups is 2. The number of carbonyl (C=O) groups excluding carboxylic acids is 1. The topological polar surface area (TPSA) is 54.4 Å². The fourth-order valence-electron chi connectivity index (χ4n) is 3.02. The van der Waals surface area contributed by atoms with E-state index in [1.165, 1.54) is 51.4 Å². The van der Waals surface area contributed by atoms with E-state index in [2.05, 4.69) is 6.92 Å². The molecule has 0 aromatic heterocycles. The molecule has 0 heterocycles. The molecule has 26 heavy (non-hydrogen) atoms. The van der Waals surface area contributed by atoms with Crippen LogP contribution in [0.1, 0.15) is 90.4 Å². The lowest BCUT2D eigenvalue weighted by Crippen LogP contribution is -2.44. The van der Waals surface area contributed by atoms with Gasteiger partial charge in [0.2, 0.25) is 0 Å². The molecule has 0 aliphatic heterocycles. The van der Waals surface area contributed by atoms with Crippen molar-refractivity contribution >= 4 is 23.4 Å². The molecule has 0 rings (SSSR count). The molecule has 0 fully saturated rings. The van der Waals surface area contributed by atoms with Crippen LogP contribution in [0.5, 0.6) is 0 Å². The molecule has 2 atom stereocenters. The molecule has 1 N–H and O–H groups in total. The van der Waals surface area contributed by atoms with E-state index in [1.54, 1.807) is 0 Å². The second-order valence-corrected chi connectivity index (χ2v) is 8.93. The van der Waals surface area contributed by atoms with Crippen LogP contribution >= 0.6 is 11.6 Å². The molecular weight excluding hydrogens is 350 g/mol. The van der Waals surface area contributed by atoms with Crippen LogP contribution in [0.3, 0.4) is 0 Å². The minimum Gasteiger partial charge on any atom is -0.481 e. The van der Waals surface area contributed by atoms with Crippen LogP contribution in [0.2, 0.25) is 0 Å². The maximum absolute atomic E-state index is 12.3. The van der Waals surface area contributed by atoms with Gasteiger partial charge >= 0.3 is 5.97 Å². The van der Waals surface area contributed by atoms with Gasteiger partial charge in [0.1, 0.15) is 11.7 Å². The van der Waals surface area contributed by atoms with Crippen molar-refractivity contribution in [2.75, 3.05) is 21.1 Å². The van der Waals surface area contributed by atoms with E-state index in [0.29, 0.717) is 10.9 Å². The van der Waals surface area contributed by atoms with Crippen molar-refractivity contribution in [1.82, 2.24) is 0 Å². The molecule has 0 bridgehead atoms. The fourth-order valence-corrected chi connectivity index (χ4v) is 3.20. The number of aliphatic carboxylic acids is 1. The van der Waals surface area contributed by atoms with Gasteiger partial charge in [-0.3, -0.25) is 9.59 Å². The quantitative estimate of drug-likeness (QED) is 0.115. The van der Waals surface area contributed by atoms with Crippen molar-refractivity contribution in [3.8, 4) is 0 Å². The average molecular weight is 391 g/mol. The van der Waals surface area contributed by atoms with Crippen molar-refractivity contribution in [1.29, 1.82) is 0 Å². The Morgan fingerprint density at radius 1 is 0.846 bits per heavy atom. The van der Waals surface area contributed by atoms with Crippen LogP contribution in [0.4, 0.5) is 0 Å². The van der Waals surface area contributed by atoms with Crippen LogP contribution in [0.15, 0.2) is 0 Å². The van der Waals surface area contributed by atoms with E-state index in [-0.39, 0.29) is 17.7 Å². The first-order valence-electron chi connectivity index (χ1n) is 10.4. The number of alkyl halides is 1. The number of ketones is 1. The number of unbranched alkanes of at least 4 members (excludes halogenated alkanes) is 10. The highest BCUT2D eigenvalue weighted by molar-refractivity contribution is 6.20. The van der Waals surface area contributed by atoms with Gasteiger partial charge in [0.25, 0.3) is 0 Å². The Kier molecular flexibility index (Phi) is 14.1. The van der Waals surface area contributed by atoms with Crippen molar-refractivity contribution < 1.29 is 19.2 Å². The Bertz CT molecular complexity index is 393. The average Bonchev–Trinajstić information content (AvgIpc) is 2.55. The lowest BCUT2D eigenvalue weighted by Gasteiger charge is -2.30. The van der Waals surface area contributed by atoms with Crippen molar-refractivity contribution in [2.24, 2.45) is 5.92 Å². The molecule has 0 aliphatic rings. The first-order valence-corrected chi connectivity index (χ1v) is 10.8. The first-order chi connectivity index (χ1) is 12.2. The van der Waals surface area contributed by atoms with E-state index < -0.39 is 11.9 Å². The second-order valence-electron chi connectivity index (χ2n) is 8.43. The fraction of sp³-hybridized carbons (Fsp3) is 0.905. The SMILES string of the molecule is CCCCCCCCCCCCCC(=O)[C@H](C[C@@H](Cl)[N+](C)(C)C)C(=O)O. The van der Waals surface area contributed by atoms with Gasteiger partial charge in [-0.2, -0.15) is 0 Å². The third-order valence-electron chi connectivity index (χ3n) is 4.98. The number of nitrogens with zero attached hydrogens (tertiary/aromatic N) is 1. The van der Waals surface area contributed by atoms with Gasteiger partial charge in [-0.25, -0.2) is 0 Å². The van der Waals surface area contributed by atoms with Crippen LogP contribution in [0, 0.1) is 5.92 Å². The van der Waals surface area contributed by atoms with E-state index in [9.17, 15) is 14.7 Å². The van der Waals surface area contributed by atoms with Gasteiger partial charge in [0.15, 0.2) is 5.50 Å². The summed E-state index contributed by atoms with van der Waals surface area (Å²) in [6.45, 7) is 2.24. The molecule has 4 nitrogen and oxygen atoms in total. The predicted molar refractivity (Wildman–Crippen MR) is 110 cm³/mol. The molecule has 0 aromatic rings. The normalized spacial score (nSPS) is 14.2. The van der Waals surface area contributed by atoms with Gasteiger partial charge in [-0.1, -0.05) is 82.7 Å². The summed E-state index contributed by atoms with van der Waals surface area (Å²) in [5.41, 5.74) is -0.377. The third kappa shape index (κ3) is 12.7. The highest BCUT2D eigenvalue weighted by atomic mass is 35.5.